The van der Waals surface area contributed by atoms with E-state index in [0.29, 0.717) is 0 Å². The molecule has 0 aromatic heterocycles. The Morgan fingerprint density at radius 3 is 3.20 bits per heavy atom. The van der Waals surface area contributed by atoms with Crippen LogP contribution < -0.4 is 5.48 Å². The van der Waals surface area contributed by atoms with Gasteiger partial charge in [-0.2, -0.15) is 5.48 Å². The number of hydrogen-bond donors (Lipinski definition) is 1. The summed E-state index contributed by atoms with van der Waals surface area (Å²) in [5.41, 5.74) is 4.11. The minimum Gasteiger partial charge on any atom is -0.226 e. The Bertz CT molecular complexity index is 214. The number of hydroxylamine groups is 1. The van der Waals surface area contributed by atoms with Gasteiger partial charge in [-0.05, 0) is 11.6 Å². The summed E-state index contributed by atoms with van der Waals surface area (Å²) >= 11 is 1.38. The van der Waals surface area contributed by atoms with E-state index in [1.54, 1.807) is 0 Å². The maximum Gasteiger partial charge on any atom is 0.0528 e. The molecule has 2 rings (SSSR count). The predicted molar refractivity (Wildman–Crippen MR) is 40.2 cm³/mol. The number of hydrogen-bond acceptors (Lipinski definition) is 3. The van der Waals surface area contributed by atoms with E-state index in [1.807, 2.05) is 12.1 Å². The number of fused-ring (bicyclic) bond motifs is 1. The zero-order chi connectivity index (χ0) is 6.81. The molecule has 1 aliphatic rings. The van der Waals surface area contributed by atoms with E-state index in [1.165, 1.54) is 22.5 Å². The lowest BCUT2D eigenvalue weighted by Crippen LogP contribution is -2.14. The molecule has 0 radical (unpaired) electrons. The summed E-state index contributed by atoms with van der Waals surface area (Å²) in [5, 5.41) is 0. The van der Waals surface area contributed by atoms with Crippen molar-refractivity contribution in [1.82, 2.24) is 5.48 Å². The number of nitrogens with one attached hydrogen (secondary N) is 1. The Hall–Kier alpha value is -0.510. The smallest absolute Gasteiger partial charge is 0.0528 e. The van der Waals surface area contributed by atoms with E-state index in [2.05, 4.69) is 17.6 Å². The summed E-state index contributed by atoms with van der Waals surface area (Å²) in [7, 11) is 0. The highest BCUT2D eigenvalue weighted by atomic mass is 32.2. The van der Waals surface area contributed by atoms with Crippen LogP contribution in [0.5, 0.6) is 0 Å². The Kier molecular flexibility index (Phi) is 1.63. The molecule has 0 amide bonds. The van der Waals surface area contributed by atoms with Gasteiger partial charge in [0.05, 0.1) is 12.0 Å². The van der Waals surface area contributed by atoms with Gasteiger partial charge in [-0.1, -0.05) is 18.2 Å². The minimum atomic E-state index is 0.809. The summed E-state index contributed by atoms with van der Waals surface area (Å²) in [4.78, 5) is 1.21. The molecule has 10 heavy (non-hydrogen) atoms. The van der Waals surface area contributed by atoms with Crippen LogP contribution in [0.3, 0.4) is 0 Å². The molecule has 1 aromatic rings. The molecule has 0 unspecified atom stereocenters. The van der Waals surface area contributed by atoms with Crippen molar-refractivity contribution >= 4 is 12.0 Å². The Morgan fingerprint density at radius 2 is 2.30 bits per heavy atom. The highest BCUT2D eigenvalue weighted by molar-refractivity contribution is 7.94. The second-order valence-electron chi connectivity index (χ2n) is 2.10. The van der Waals surface area contributed by atoms with Gasteiger partial charge in [-0.3, -0.25) is 0 Å². The lowest BCUT2D eigenvalue weighted by molar-refractivity contribution is 0.223. The van der Waals surface area contributed by atoms with Crippen molar-refractivity contribution in [2.24, 2.45) is 0 Å². The molecule has 0 aliphatic carbocycles. The van der Waals surface area contributed by atoms with Crippen LogP contribution in [-0.2, 0) is 10.8 Å². The molecule has 52 valence electrons. The third-order valence-corrected chi connectivity index (χ3v) is 2.20. The largest absolute Gasteiger partial charge is 0.226 e. The van der Waals surface area contributed by atoms with Crippen LogP contribution in [-0.4, -0.2) is 0 Å². The normalized spacial score (nSPS) is 16.4. The molecule has 1 heterocycles. The van der Waals surface area contributed by atoms with Crippen molar-refractivity contribution in [2.75, 3.05) is 0 Å². The predicted octanol–water partition coefficient (Wildman–Crippen LogP) is 1.73. The fraction of sp³-hybridized carbons (Fsp3) is 0.143. The number of benzene rings is 1. The molecule has 1 aliphatic heterocycles. The molecule has 0 atom stereocenters. The van der Waals surface area contributed by atoms with E-state index < -0.39 is 0 Å². The standard InChI is InChI=1S/C7H7NOS/c1-2-4-7-6(3-1)5-8-9-10-7/h1-4,8H,5H2. The van der Waals surface area contributed by atoms with E-state index >= 15 is 0 Å². The van der Waals surface area contributed by atoms with Crippen molar-refractivity contribution in [3.63, 3.8) is 0 Å². The van der Waals surface area contributed by atoms with Gasteiger partial charge in [0.2, 0.25) is 0 Å². The fourth-order valence-corrected chi connectivity index (χ4v) is 1.50. The van der Waals surface area contributed by atoms with Crippen LogP contribution in [0.25, 0.3) is 0 Å². The molecular weight excluding hydrogens is 146 g/mol. The molecule has 1 aromatic carbocycles. The van der Waals surface area contributed by atoms with Gasteiger partial charge in [0.1, 0.15) is 0 Å². The van der Waals surface area contributed by atoms with Crippen molar-refractivity contribution in [2.45, 2.75) is 11.4 Å². The molecule has 3 heteroatoms. The van der Waals surface area contributed by atoms with Crippen LogP contribution in [0.4, 0.5) is 0 Å². The minimum absolute atomic E-state index is 0.809. The molecule has 0 saturated heterocycles. The molecule has 1 N–H and O–H groups in total. The first-order valence-corrected chi connectivity index (χ1v) is 3.85. The Morgan fingerprint density at radius 1 is 1.40 bits per heavy atom. The van der Waals surface area contributed by atoms with Crippen LogP contribution in [0, 0.1) is 0 Å². The zero-order valence-electron chi connectivity index (χ0n) is 5.33. The van der Waals surface area contributed by atoms with E-state index in [-0.39, 0.29) is 0 Å². The second kappa shape index (κ2) is 2.62. The summed E-state index contributed by atoms with van der Waals surface area (Å²) < 4.78 is 4.96. The summed E-state index contributed by atoms with van der Waals surface area (Å²) in [6, 6.07) is 8.20. The first-order chi connectivity index (χ1) is 4.97. The third-order valence-electron chi connectivity index (χ3n) is 1.43. The first-order valence-electron chi connectivity index (χ1n) is 3.11. The monoisotopic (exact) mass is 153 g/mol. The average molecular weight is 153 g/mol. The summed E-state index contributed by atoms with van der Waals surface area (Å²) in [6.07, 6.45) is 0. The molecule has 0 fully saturated rings. The SMILES string of the molecule is c1ccc2c(c1)CNOS2. The van der Waals surface area contributed by atoms with Crippen LogP contribution in [0.15, 0.2) is 29.2 Å². The van der Waals surface area contributed by atoms with Gasteiger partial charge in [0, 0.05) is 11.4 Å². The highest BCUT2D eigenvalue weighted by Crippen LogP contribution is 2.25. The number of rotatable bonds is 0. The summed E-state index contributed by atoms with van der Waals surface area (Å²) in [6.45, 7) is 0.809. The average Bonchev–Trinajstić information content (AvgIpc) is 2.05. The topological polar surface area (TPSA) is 21.3 Å². The van der Waals surface area contributed by atoms with E-state index in [9.17, 15) is 0 Å². The van der Waals surface area contributed by atoms with Crippen LogP contribution >= 0.6 is 12.0 Å². The first kappa shape index (κ1) is 6.22. The van der Waals surface area contributed by atoms with Gasteiger partial charge in [-0.15, -0.1) is 0 Å². The van der Waals surface area contributed by atoms with Crippen LogP contribution in [0.2, 0.25) is 0 Å². The zero-order valence-corrected chi connectivity index (χ0v) is 6.15. The highest BCUT2D eigenvalue weighted by Gasteiger charge is 2.07. The third kappa shape index (κ3) is 1.03. The Labute approximate surface area is 63.7 Å². The van der Waals surface area contributed by atoms with Crippen LogP contribution in [0.1, 0.15) is 5.56 Å². The van der Waals surface area contributed by atoms with Crippen molar-refractivity contribution in [3.05, 3.63) is 29.8 Å². The maximum absolute atomic E-state index is 4.96. The quantitative estimate of drug-likeness (QED) is 0.573. The lowest BCUT2D eigenvalue weighted by atomic mass is 10.2. The fourth-order valence-electron chi connectivity index (χ4n) is 0.913. The van der Waals surface area contributed by atoms with E-state index in [0.717, 1.165) is 6.54 Å². The van der Waals surface area contributed by atoms with Gasteiger partial charge >= 0.3 is 0 Å². The van der Waals surface area contributed by atoms with Gasteiger partial charge < -0.3 is 0 Å². The van der Waals surface area contributed by atoms with Gasteiger partial charge in [0.15, 0.2) is 0 Å². The van der Waals surface area contributed by atoms with Gasteiger partial charge in [-0.25, -0.2) is 4.28 Å². The second-order valence-corrected chi connectivity index (χ2v) is 2.87. The lowest BCUT2D eigenvalue weighted by Gasteiger charge is -2.13. The molecule has 2 nitrogen and oxygen atoms in total. The summed E-state index contributed by atoms with van der Waals surface area (Å²) in [5.74, 6) is 0. The molecule has 0 bridgehead atoms. The van der Waals surface area contributed by atoms with Gasteiger partial charge in [0.25, 0.3) is 0 Å². The molecule has 0 saturated carbocycles. The molecular formula is C7H7NOS. The maximum atomic E-state index is 4.96. The molecule has 0 spiro atoms. The van der Waals surface area contributed by atoms with Crippen molar-refractivity contribution in [3.8, 4) is 0 Å². The van der Waals surface area contributed by atoms with Crippen molar-refractivity contribution < 1.29 is 4.28 Å². The van der Waals surface area contributed by atoms with E-state index in [4.69, 9.17) is 4.28 Å². The van der Waals surface area contributed by atoms with Crippen molar-refractivity contribution in [1.29, 1.82) is 0 Å². The Balaban J connectivity index is 2.41.